The average Bonchev–Trinajstić information content (AvgIpc) is 3.60. The summed E-state index contributed by atoms with van der Waals surface area (Å²) in [6, 6.07) is 0. The van der Waals surface area contributed by atoms with Crippen molar-refractivity contribution in [1.29, 1.82) is 0 Å². The van der Waals surface area contributed by atoms with Crippen LogP contribution in [0.5, 0.6) is 0 Å². The molecule has 56 heavy (non-hydrogen) atoms. The molecule has 6 atom stereocenters. The summed E-state index contributed by atoms with van der Waals surface area (Å²) < 4.78 is 99.7. The molecule has 0 spiro atoms. The first-order chi connectivity index (χ1) is 25.4. The normalized spacial score (nSPS) is 23.1. The number of aliphatic hydroxyl groups is 3. The molecule has 4 rings (SSSR count). The number of nitrogens with two attached hydrogens (primary N) is 1. The van der Waals surface area contributed by atoms with E-state index in [0.717, 1.165) is 17.9 Å². The van der Waals surface area contributed by atoms with Crippen LogP contribution in [0.2, 0.25) is 0 Å². The maximum absolute atomic E-state index is 12.0. The predicted octanol–water partition coefficient (Wildman–Crippen LogP) is 0.162. The Morgan fingerprint density at radius 2 is 1.41 bits per heavy atom. The highest BCUT2D eigenvalue weighted by Crippen LogP contribution is 2.38. The molecule has 28 heteroatoms. The molecular weight excluding hydrogens is 823 g/mol. The number of anilines is 2. The summed E-state index contributed by atoms with van der Waals surface area (Å²) in [4.78, 5) is 50.3. The summed E-state index contributed by atoms with van der Waals surface area (Å²) in [6.45, 7) is 10.4. The molecule has 1 amide bonds. The van der Waals surface area contributed by atoms with Gasteiger partial charge in [-0.3, -0.25) is 23.4 Å². The third-order valence-electron chi connectivity index (χ3n) is 7.07. The van der Waals surface area contributed by atoms with Crippen molar-refractivity contribution in [3.63, 3.8) is 0 Å². The summed E-state index contributed by atoms with van der Waals surface area (Å²) >= 11 is 0. The topological polar surface area (TPSA) is 317 Å². The summed E-state index contributed by atoms with van der Waals surface area (Å²) in [5, 5.41) is 31.1. The summed E-state index contributed by atoms with van der Waals surface area (Å²) in [5.41, 5.74) is -2.02. The number of nitrogens with zero attached hydrogens (tertiary/aromatic N) is 6. The molecule has 320 valence electrons. The van der Waals surface area contributed by atoms with E-state index in [1.165, 1.54) is 17.2 Å². The monoisotopic (exact) mass is 870 g/mol. The number of alkyl halides is 3. The molecule has 2 aromatic heterocycles. The number of aliphatic hydroxyl groups excluding tert-OH is 3. The third-order valence-corrected chi connectivity index (χ3v) is 9.80. The molecule has 0 aromatic carbocycles. The van der Waals surface area contributed by atoms with E-state index in [4.69, 9.17) is 25.1 Å². The second-order valence-electron chi connectivity index (χ2n) is 14.3. The Labute approximate surface area is 318 Å². The number of nitrogens with one attached hydrogen (secondary N) is 1. The molecule has 2 fully saturated rings. The van der Waals surface area contributed by atoms with E-state index >= 15 is 0 Å². The highest BCUT2D eigenvalue weighted by molar-refractivity contribution is 7.87. The van der Waals surface area contributed by atoms with Crippen LogP contribution in [0.1, 0.15) is 46.1 Å². The van der Waals surface area contributed by atoms with Crippen LogP contribution in [0.15, 0.2) is 22.2 Å². The molecule has 22 nitrogen and oxygen atoms in total. The lowest BCUT2D eigenvalue weighted by atomic mass is 9.96. The van der Waals surface area contributed by atoms with Gasteiger partial charge in [0.05, 0.1) is 31.8 Å². The Balaban J connectivity index is 0.000000301. The van der Waals surface area contributed by atoms with Gasteiger partial charge in [0.25, 0.3) is 0 Å². The molecule has 0 aliphatic carbocycles. The number of amides is 1. The van der Waals surface area contributed by atoms with Gasteiger partial charge in [0.2, 0.25) is 17.8 Å². The van der Waals surface area contributed by atoms with Gasteiger partial charge in [0.15, 0.2) is 0 Å². The smallest absolute Gasteiger partial charge is 0.394 e. The van der Waals surface area contributed by atoms with Gasteiger partial charge in [0, 0.05) is 18.3 Å². The zero-order valence-electron chi connectivity index (χ0n) is 31.4. The van der Waals surface area contributed by atoms with E-state index < -0.39 is 89.9 Å². The van der Waals surface area contributed by atoms with Gasteiger partial charge in [0.1, 0.15) is 58.0 Å². The molecule has 2 saturated heterocycles. The highest BCUT2D eigenvalue weighted by atomic mass is 32.2. The molecular formula is C28H47F3N8O14P2S. The van der Waals surface area contributed by atoms with Crippen molar-refractivity contribution in [2.45, 2.75) is 76.0 Å². The van der Waals surface area contributed by atoms with Gasteiger partial charge >= 0.3 is 27.0 Å². The molecule has 0 radical (unpaired) electrons. The largest absolute Gasteiger partial charge is 0.523 e. The summed E-state index contributed by atoms with van der Waals surface area (Å²) in [6.07, 6.45) is -2.40. The minimum absolute atomic E-state index is 0.0848. The van der Waals surface area contributed by atoms with E-state index in [-0.39, 0.29) is 50.2 Å². The quantitative estimate of drug-likeness (QED) is 0.114. The number of carbonyl (C=O) groups is 1. The Bertz CT molecular complexity index is 1970. The molecule has 2 aliphatic heterocycles. The molecule has 2 aliphatic rings. The van der Waals surface area contributed by atoms with Crippen LogP contribution in [0.25, 0.3) is 0 Å². The average molecular weight is 871 g/mol. The second kappa shape index (κ2) is 19.5. The SMILES string of the molecule is CC(C)(C)C(=O)Nc1ncn([C@H]2C[C@H](O)[C@@H](CO)O2)c(=O)n1.CP(C)(=O)COC[C@H]1O[C@@H](n2cnc(N)nc2=O)C[C@@H]1O.CP(C)(=O)COS(=O)(=O)C(F)(F)F. The zero-order valence-corrected chi connectivity index (χ0v) is 34.0. The molecule has 0 unspecified atom stereocenters. The van der Waals surface area contributed by atoms with E-state index in [1.807, 2.05) is 0 Å². The number of ether oxygens (including phenoxy) is 3. The summed E-state index contributed by atoms with van der Waals surface area (Å²) in [7, 11) is -10.8. The van der Waals surface area contributed by atoms with Crippen molar-refractivity contribution in [3.05, 3.63) is 33.6 Å². The Hall–Kier alpha value is -3.19. The number of hydrogen-bond donors (Lipinski definition) is 5. The van der Waals surface area contributed by atoms with E-state index in [9.17, 15) is 55.3 Å². The standard InChI is InChI=1S/C13H20N4O5.C11H19N4O5P.C4H8F3O4PS/c1-13(2,3)10(20)15-11-14-6-17(12(21)16-11)9-4-7(19)8(5-18)22-9;1-21(2,18)6-19-4-8-7(16)3-9(20-8)15-5-13-10(12)14-11(15)17;1-12(2,8)3-11-13(9,10)4(5,6)7/h6-9,18-19H,4-5H2,1-3H3,(H,15,16,20,21);5,7-9,16H,3-4,6H2,1-2H3,(H2,12,14,17);3H2,1-2H3/t2*7-,8+,9+;/m00./s1. The van der Waals surface area contributed by atoms with Crippen molar-refractivity contribution in [3.8, 4) is 0 Å². The van der Waals surface area contributed by atoms with Gasteiger partial charge in [-0.25, -0.2) is 19.6 Å². The van der Waals surface area contributed by atoms with Crippen molar-refractivity contribution < 1.29 is 69.2 Å². The molecule has 6 N–H and O–H groups in total. The van der Waals surface area contributed by atoms with Crippen LogP contribution < -0.4 is 22.4 Å². The third kappa shape index (κ3) is 15.6. The first-order valence-electron chi connectivity index (χ1n) is 16.3. The Morgan fingerprint density at radius 1 is 0.929 bits per heavy atom. The first kappa shape index (κ1) is 49.0. The zero-order chi connectivity index (χ0) is 43.0. The number of rotatable bonds is 11. The van der Waals surface area contributed by atoms with Gasteiger partial charge < -0.3 is 44.4 Å². The lowest BCUT2D eigenvalue weighted by molar-refractivity contribution is -0.123. The number of nitrogen functional groups attached to an aromatic ring is 1. The minimum Gasteiger partial charge on any atom is -0.394 e. The van der Waals surface area contributed by atoms with E-state index in [2.05, 4.69) is 29.4 Å². The van der Waals surface area contributed by atoms with Crippen LogP contribution in [0, 0.1) is 5.41 Å². The maximum Gasteiger partial charge on any atom is 0.523 e. The molecule has 0 bridgehead atoms. The van der Waals surface area contributed by atoms with Crippen molar-refractivity contribution >= 4 is 42.2 Å². The van der Waals surface area contributed by atoms with Gasteiger partial charge in [-0.1, -0.05) is 20.8 Å². The number of hydrogen-bond acceptors (Lipinski definition) is 19. The second-order valence-corrected chi connectivity index (χ2v) is 22.7. The van der Waals surface area contributed by atoms with Gasteiger partial charge in [-0.15, -0.1) is 0 Å². The van der Waals surface area contributed by atoms with Crippen molar-refractivity contribution in [2.75, 3.05) is 63.6 Å². The lowest BCUT2D eigenvalue weighted by Crippen LogP contribution is -2.32. The molecule has 0 saturated carbocycles. The molecule has 4 heterocycles. The Kier molecular flexibility index (Phi) is 17.1. The highest BCUT2D eigenvalue weighted by Gasteiger charge is 2.47. The first-order valence-corrected chi connectivity index (χ1v) is 23.3. The van der Waals surface area contributed by atoms with Crippen molar-refractivity contribution in [1.82, 2.24) is 29.1 Å². The fraction of sp³-hybridized carbons (Fsp3) is 0.750. The molecule has 2 aromatic rings. The fourth-order valence-electron chi connectivity index (χ4n) is 4.18. The fourth-order valence-corrected chi connectivity index (χ4v) is 6.43. The number of aromatic nitrogens is 6. The summed E-state index contributed by atoms with van der Waals surface area (Å²) in [5.74, 6) is -0.507. The van der Waals surface area contributed by atoms with Crippen LogP contribution >= 0.6 is 14.3 Å². The van der Waals surface area contributed by atoms with E-state index in [1.54, 1.807) is 34.1 Å². The van der Waals surface area contributed by atoms with Gasteiger partial charge in [-0.05, 0) is 26.7 Å². The van der Waals surface area contributed by atoms with Crippen LogP contribution in [0.3, 0.4) is 0 Å². The Morgan fingerprint density at radius 3 is 1.84 bits per heavy atom. The maximum atomic E-state index is 12.0. The predicted molar refractivity (Wildman–Crippen MR) is 192 cm³/mol. The van der Waals surface area contributed by atoms with Crippen LogP contribution in [-0.2, 0) is 42.4 Å². The lowest BCUT2D eigenvalue weighted by Gasteiger charge is -2.17. The number of halogens is 3. The van der Waals surface area contributed by atoms with Crippen LogP contribution in [0.4, 0.5) is 25.1 Å². The van der Waals surface area contributed by atoms with E-state index in [0.29, 0.717) is 0 Å². The minimum atomic E-state index is -5.60. The van der Waals surface area contributed by atoms with Gasteiger partial charge in [-0.2, -0.15) is 31.6 Å². The van der Waals surface area contributed by atoms with Crippen LogP contribution in [-0.4, -0.2) is 141 Å². The van der Waals surface area contributed by atoms with Crippen molar-refractivity contribution in [2.24, 2.45) is 5.41 Å². The number of carbonyl (C=O) groups excluding carboxylic acids is 1.